The largest absolute Gasteiger partial charge is 0.493 e. The van der Waals surface area contributed by atoms with Gasteiger partial charge in [0.15, 0.2) is 17.3 Å². The SMILES string of the molecule is COc1cccc(C(=O)Nc2cc(-c3ccco3)nn2-c2nc(C(C)C)cc(=O)[nH]2)c1OC. The number of nitrogens with one attached hydrogen (secondary N) is 2. The maximum absolute atomic E-state index is 13.2. The molecule has 0 atom stereocenters. The number of carbonyl (C=O) groups excluding carboxylic acids is 1. The predicted octanol–water partition coefficient (Wildman–Crippen LogP) is 3.61. The molecule has 0 bridgehead atoms. The molecule has 0 saturated carbocycles. The molecular formula is C23H23N5O5. The number of hydrogen-bond donors (Lipinski definition) is 2. The van der Waals surface area contributed by atoms with Crippen LogP contribution in [0, 0.1) is 0 Å². The van der Waals surface area contributed by atoms with Gasteiger partial charge in [0.1, 0.15) is 11.5 Å². The van der Waals surface area contributed by atoms with Crippen LogP contribution in [0.4, 0.5) is 5.82 Å². The van der Waals surface area contributed by atoms with Crippen LogP contribution in [0.15, 0.2) is 57.9 Å². The first-order valence-corrected chi connectivity index (χ1v) is 10.2. The third kappa shape index (κ3) is 4.36. The highest BCUT2D eigenvalue weighted by atomic mass is 16.5. The van der Waals surface area contributed by atoms with Crippen LogP contribution in [-0.2, 0) is 0 Å². The zero-order chi connectivity index (χ0) is 23.5. The number of H-pyrrole nitrogens is 1. The molecule has 170 valence electrons. The number of methoxy groups -OCH3 is 2. The van der Waals surface area contributed by atoms with Crippen molar-refractivity contribution >= 4 is 11.7 Å². The Morgan fingerprint density at radius 2 is 1.97 bits per heavy atom. The maximum atomic E-state index is 13.2. The Kier molecular flexibility index (Phi) is 5.99. The van der Waals surface area contributed by atoms with E-state index in [-0.39, 0.29) is 28.8 Å². The van der Waals surface area contributed by atoms with E-state index in [2.05, 4.69) is 20.4 Å². The maximum Gasteiger partial charge on any atom is 0.260 e. The van der Waals surface area contributed by atoms with Crippen molar-refractivity contribution in [2.75, 3.05) is 19.5 Å². The molecular weight excluding hydrogens is 426 g/mol. The average Bonchev–Trinajstić information content (AvgIpc) is 3.48. The Balaban J connectivity index is 1.81. The molecule has 3 aromatic heterocycles. The Labute approximate surface area is 189 Å². The van der Waals surface area contributed by atoms with Gasteiger partial charge in [-0.25, -0.2) is 4.98 Å². The van der Waals surface area contributed by atoms with Gasteiger partial charge in [-0.1, -0.05) is 19.9 Å². The number of hydrogen-bond acceptors (Lipinski definition) is 7. The van der Waals surface area contributed by atoms with Crippen LogP contribution < -0.4 is 20.3 Å². The lowest BCUT2D eigenvalue weighted by Crippen LogP contribution is -2.20. The van der Waals surface area contributed by atoms with Crippen molar-refractivity contribution in [1.29, 1.82) is 0 Å². The van der Waals surface area contributed by atoms with Crippen molar-refractivity contribution in [3.63, 3.8) is 0 Å². The number of carbonyl (C=O) groups is 1. The molecule has 0 unspecified atom stereocenters. The lowest BCUT2D eigenvalue weighted by atomic mass is 10.1. The summed E-state index contributed by atoms with van der Waals surface area (Å²) in [6, 6.07) is 11.5. The summed E-state index contributed by atoms with van der Waals surface area (Å²) in [5.74, 6) is 1.21. The molecule has 1 amide bonds. The number of benzene rings is 1. The van der Waals surface area contributed by atoms with Gasteiger partial charge >= 0.3 is 0 Å². The molecule has 0 fully saturated rings. The number of amides is 1. The minimum atomic E-state index is -0.458. The van der Waals surface area contributed by atoms with Crippen molar-refractivity contribution in [2.45, 2.75) is 19.8 Å². The van der Waals surface area contributed by atoms with E-state index in [0.717, 1.165) is 0 Å². The first-order valence-electron chi connectivity index (χ1n) is 10.2. The van der Waals surface area contributed by atoms with E-state index in [1.807, 2.05) is 13.8 Å². The minimum Gasteiger partial charge on any atom is -0.493 e. The monoisotopic (exact) mass is 449 g/mol. The van der Waals surface area contributed by atoms with E-state index in [9.17, 15) is 9.59 Å². The van der Waals surface area contributed by atoms with Crippen molar-refractivity contribution in [3.8, 4) is 28.9 Å². The lowest BCUT2D eigenvalue weighted by Gasteiger charge is -2.13. The summed E-state index contributed by atoms with van der Waals surface area (Å²) in [4.78, 5) is 32.6. The number of aromatic amines is 1. The van der Waals surface area contributed by atoms with Gasteiger partial charge in [0.05, 0.1) is 31.7 Å². The Bertz CT molecular complexity index is 1340. The van der Waals surface area contributed by atoms with Gasteiger partial charge in [0.25, 0.3) is 11.5 Å². The van der Waals surface area contributed by atoms with E-state index in [1.54, 1.807) is 36.4 Å². The lowest BCUT2D eigenvalue weighted by molar-refractivity contribution is 0.102. The summed E-state index contributed by atoms with van der Waals surface area (Å²) >= 11 is 0. The fraction of sp³-hybridized carbons (Fsp3) is 0.217. The van der Waals surface area contributed by atoms with Crippen LogP contribution in [0.1, 0.15) is 35.8 Å². The van der Waals surface area contributed by atoms with Crippen molar-refractivity contribution in [3.05, 3.63) is 70.3 Å². The Morgan fingerprint density at radius 3 is 2.64 bits per heavy atom. The van der Waals surface area contributed by atoms with Gasteiger partial charge in [0.2, 0.25) is 5.95 Å². The first-order chi connectivity index (χ1) is 15.9. The number of furan rings is 1. The highest BCUT2D eigenvalue weighted by molar-refractivity contribution is 6.06. The molecule has 2 N–H and O–H groups in total. The predicted molar refractivity (Wildman–Crippen MR) is 121 cm³/mol. The number of aromatic nitrogens is 4. The number of ether oxygens (including phenoxy) is 2. The van der Waals surface area contributed by atoms with Crippen LogP contribution in [0.25, 0.3) is 17.4 Å². The number of nitrogens with zero attached hydrogens (tertiary/aromatic N) is 3. The average molecular weight is 449 g/mol. The number of anilines is 1. The normalized spacial score (nSPS) is 10.9. The first kappa shape index (κ1) is 21.9. The molecule has 0 spiro atoms. The van der Waals surface area contributed by atoms with Gasteiger partial charge in [-0.05, 0) is 30.2 Å². The fourth-order valence-corrected chi connectivity index (χ4v) is 3.29. The molecule has 0 saturated heterocycles. The van der Waals surface area contributed by atoms with Gasteiger partial charge < -0.3 is 19.2 Å². The molecule has 4 aromatic rings. The molecule has 33 heavy (non-hydrogen) atoms. The number of para-hydroxylation sites is 1. The highest BCUT2D eigenvalue weighted by Crippen LogP contribution is 2.32. The molecule has 10 heteroatoms. The van der Waals surface area contributed by atoms with Crippen molar-refractivity contribution < 1.29 is 18.7 Å². The van der Waals surface area contributed by atoms with Gasteiger partial charge in [-0.2, -0.15) is 9.78 Å². The molecule has 1 aromatic carbocycles. The van der Waals surface area contributed by atoms with Crippen molar-refractivity contribution in [1.82, 2.24) is 19.7 Å². The van der Waals surface area contributed by atoms with E-state index in [0.29, 0.717) is 28.6 Å². The Hall–Kier alpha value is -4.34. The van der Waals surface area contributed by atoms with Crippen LogP contribution in [0.5, 0.6) is 11.5 Å². The summed E-state index contributed by atoms with van der Waals surface area (Å²) in [5.41, 5.74) is 0.980. The van der Waals surface area contributed by atoms with E-state index in [4.69, 9.17) is 13.9 Å². The third-order valence-corrected chi connectivity index (χ3v) is 4.91. The second kappa shape index (κ2) is 9.03. The van der Waals surface area contributed by atoms with Crippen LogP contribution in [0.2, 0.25) is 0 Å². The van der Waals surface area contributed by atoms with E-state index < -0.39 is 5.91 Å². The van der Waals surface area contributed by atoms with E-state index in [1.165, 1.54) is 31.2 Å². The van der Waals surface area contributed by atoms with Gasteiger partial charge in [-0.3, -0.25) is 14.6 Å². The summed E-state index contributed by atoms with van der Waals surface area (Å²) in [6.07, 6.45) is 1.52. The van der Waals surface area contributed by atoms with Gasteiger partial charge in [0, 0.05) is 12.1 Å². The van der Waals surface area contributed by atoms with Crippen LogP contribution >= 0.6 is 0 Å². The molecule has 10 nitrogen and oxygen atoms in total. The topological polar surface area (TPSA) is 124 Å². The molecule has 0 radical (unpaired) electrons. The molecule has 4 rings (SSSR count). The summed E-state index contributed by atoms with van der Waals surface area (Å²) in [7, 11) is 2.95. The molecule has 0 aliphatic heterocycles. The second-order valence-corrected chi connectivity index (χ2v) is 7.45. The smallest absolute Gasteiger partial charge is 0.260 e. The minimum absolute atomic E-state index is 0.0187. The quantitative estimate of drug-likeness (QED) is 0.442. The fourth-order valence-electron chi connectivity index (χ4n) is 3.29. The number of rotatable bonds is 7. The Morgan fingerprint density at radius 1 is 1.15 bits per heavy atom. The molecule has 0 aliphatic carbocycles. The second-order valence-electron chi connectivity index (χ2n) is 7.45. The van der Waals surface area contributed by atoms with Crippen LogP contribution in [0.3, 0.4) is 0 Å². The molecule has 0 aliphatic rings. The molecule has 3 heterocycles. The summed E-state index contributed by atoms with van der Waals surface area (Å²) < 4.78 is 17.5. The standard InChI is InChI=1S/C23H23N5O5/c1-13(2)15-12-20(29)26-23(24-15)28-19(11-16(27-28)17-9-6-10-33-17)25-22(30)14-7-5-8-18(31-3)21(14)32-4/h5-13H,1-4H3,(H,25,30)(H,24,26,29). The summed E-state index contributed by atoms with van der Waals surface area (Å²) in [5, 5.41) is 7.33. The van der Waals surface area contributed by atoms with Crippen LogP contribution in [-0.4, -0.2) is 39.9 Å². The third-order valence-electron chi connectivity index (χ3n) is 4.91. The highest BCUT2D eigenvalue weighted by Gasteiger charge is 2.21. The summed E-state index contributed by atoms with van der Waals surface area (Å²) in [6.45, 7) is 3.86. The van der Waals surface area contributed by atoms with Gasteiger partial charge in [-0.15, -0.1) is 0 Å². The zero-order valence-electron chi connectivity index (χ0n) is 18.6. The van der Waals surface area contributed by atoms with Crippen molar-refractivity contribution in [2.24, 2.45) is 0 Å². The van der Waals surface area contributed by atoms with E-state index >= 15 is 0 Å². The zero-order valence-corrected chi connectivity index (χ0v) is 18.6.